The van der Waals surface area contributed by atoms with Crippen LogP contribution in [0.5, 0.6) is 0 Å². The molecule has 0 amide bonds. The van der Waals surface area contributed by atoms with Crippen LogP contribution in [0.15, 0.2) is 200 Å². The van der Waals surface area contributed by atoms with Gasteiger partial charge in [0.25, 0.3) is 0 Å². The lowest BCUT2D eigenvalue weighted by Crippen LogP contribution is -2.16. The molecule has 0 atom stereocenters. The summed E-state index contributed by atoms with van der Waals surface area (Å²) < 4.78 is 0. The van der Waals surface area contributed by atoms with E-state index in [0.29, 0.717) is 0 Å². The summed E-state index contributed by atoms with van der Waals surface area (Å²) in [5, 5.41) is 10.2. The van der Waals surface area contributed by atoms with Crippen molar-refractivity contribution in [2.24, 2.45) is 0 Å². The van der Waals surface area contributed by atoms with E-state index in [2.05, 4.69) is 219 Å². The van der Waals surface area contributed by atoms with E-state index in [1.165, 1.54) is 87.6 Å². The van der Waals surface area contributed by atoms with Crippen LogP contribution in [0.2, 0.25) is 0 Å². The third-order valence-corrected chi connectivity index (χ3v) is 12.2. The highest BCUT2D eigenvalue weighted by Crippen LogP contribution is 2.52. The zero-order valence-corrected chi connectivity index (χ0v) is 31.5. The lowest BCUT2D eigenvalue weighted by atomic mass is 9.81. The Balaban J connectivity index is 1.08. The van der Waals surface area contributed by atoms with Crippen LogP contribution in [0.25, 0.3) is 76.5 Å². The van der Waals surface area contributed by atoms with Gasteiger partial charge in [-0.3, -0.25) is 0 Å². The summed E-state index contributed by atoms with van der Waals surface area (Å²) in [5.41, 5.74) is 13.6. The second-order valence-electron chi connectivity index (χ2n) is 15.7. The van der Waals surface area contributed by atoms with Gasteiger partial charge in [0.05, 0.1) is 0 Å². The second-order valence-corrected chi connectivity index (χ2v) is 15.7. The maximum absolute atomic E-state index is 2.47. The minimum Gasteiger partial charge on any atom is -0.310 e. The fourth-order valence-electron chi connectivity index (χ4n) is 9.45. The molecule has 0 aromatic heterocycles. The van der Waals surface area contributed by atoms with Crippen molar-refractivity contribution in [1.29, 1.82) is 0 Å². The van der Waals surface area contributed by atoms with Crippen LogP contribution in [0, 0.1) is 0 Å². The summed E-state index contributed by atoms with van der Waals surface area (Å²) >= 11 is 0. The Morgan fingerprint density at radius 1 is 0.321 bits per heavy atom. The van der Waals surface area contributed by atoms with Crippen LogP contribution in [-0.2, 0) is 5.41 Å². The topological polar surface area (TPSA) is 3.24 Å². The lowest BCUT2D eigenvalue weighted by molar-refractivity contribution is 0.660. The van der Waals surface area contributed by atoms with Crippen LogP contribution >= 0.6 is 0 Å². The molecule has 1 nitrogen and oxygen atoms in total. The predicted octanol–water partition coefficient (Wildman–Crippen LogP) is 15.4. The quantitative estimate of drug-likeness (QED) is 0.161. The normalized spacial score (nSPS) is 13.0. The molecule has 56 heavy (non-hydrogen) atoms. The smallest absolute Gasteiger partial charge is 0.0465 e. The molecular weight excluding hydrogens is 675 g/mol. The average Bonchev–Trinajstić information content (AvgIpc) is 3.48. The molecule has 0 saturated carbocycles. The first-order chi connectivity index (χ1) is 27.5. The van der Waals surface area contributed by atoms with Gasteiger partial charge in [-0.05, 0) is 148 Å². The Hall–Kier alpha value is -6.96. The highest BCUT2D eigenvalue weighted by Gasteiger charge is 2.36. The van der Waals surface area contributed by atoms with Crippen molar-refractivity contribution in [1.82, 2.24) is 0 Å². The second kappa shape index (κ2) is 12.5. The molecule has 0 radical (unpaired) electrons. The van der Waals surface area contributed by atoms with Crippen molar-refractivity contribution < 1.29 is 0 Å². The Morgan fingerprint density at radius 3 is 1.43 bits per heavy atom. The average molecular weight is 714 g/mol. The zero-order valence-electron chi connectivity index (χ0n) is 31.5. The van der Waals surface area contributed by atoms with E-state index < -0.39 is 0 Å². The predicted molar refractivity (Wildman–Crippen MR) is 240 cm³/mol. The number of benzene rings is 10. The van der Waals surface area contributed by atoms with Gasteiger partial charge >= 0.3 is 0 Å². The SMILES string of the molecule is CC1(C)c2cc(-c3cc4cc(-c5ccc6ccccc6c5)c5ccccc5c4c4ccccc34)ccc2-c2ccc(N(c3ccccc3)c3ccccc3)cc21. The van der Waals surface area contributed by atoms with Crippen LogP contribution in [0.4, 0.5) is 17.1 Å². The third-order valence-electron chi connectivity index (χ3n) is 12.2. The molecule has 264 valence electrons. The minimum absolute atomic E-state index is 0.193. The van der Waals surface area contributed by atoms with Gasteiger partial charge in [0.15, 0.2) is 0 Å². The molecule has 0 saturated heterocycles. The summed E-state index contributed by atoms with van der Waals surface area (Å²) in [6.45, 7) is 4.78. The molecule has 1 aliphatic rings. The number of rotatable bonds is 5. The van der Waals surface area contributed by atoms with Crippen molar-refractivity contribution >= 4 is 60.2 Å². The number of para-hydroxylation sites is 2. The van der Waals surface area contributed by atoms with Crippen LogP contribution in [-0.4, -0.2) is 0 Å². The van der Waals surface area contributed by atoms with E-state index in [4.69, 9.17) is 0 Å². The molecule has 0 aliphatic heterocycles. The first-order valence-electron chi connectivity index (χ1n) is 19.6. The van der Waals surface area contributed by atoms with Gasteiger partial charge in [-0.15, -0.1) is 0 Å². The van der Waals surface area contributed by atoms with Gasteiger partial charge in [0.2, 0.25) is 0 Å². The zero-order chi connectivity index (χ0) is 37.4. The first-order valence-corrected chi connectivity index (χ1v) is 19.6. The maximum Gasteiger partial charge on any atom is 0.0465 e. The van der Waals surface area contributed by atoms with Crippen molar-refractivity contribution in [3.63, 3.8) is 0 Å². The number of hydrogen-bond acceptors (Lipinski definition) is 1. The largest absolute Gasteiger partial charge is 0.310 e. The summed E-state index contributed by atoms with van der Waals surface area (Å²) in [5.74, 6) is 0. The van der Waals surface area contributed by atoms with E-state index in [9.17, 15) is 0 Å². The lowest BCUT2D eigenvalue weighted by Gasteiger charge is -2.28. The Kier molecular flexibility index (Phi) is 7.28. The summed E-state index contributed by atoms with van der Waals surface area (Å²) in [7, 11) is 0. The molecule has 10 aromatic carbocycles. The standard InChI is InChI=1S/C55H39N/c1-55(2)52-34-39(27-29-46(52)47-30-28-43(35-53(47)55)56(41-17-5-3-6-18-41)42-19-7-4-8-20-42)51-33-40-32-50(38-26-25-36-15-9-10-16-37(36)31-38)44-21-11-13-23-48(44)54(40)49-24-14-12-22-45(49)51/h3-35H,1-2H3. The number of fused-ring (bicyclic) bond motifs is 9. The summed E-state index contributed by atoms with van der Waals surface area (Å²) in [6, 6.07) is 73.9. The highest BCUT2D eigenvalue weighted by molar-refractivity contribution is 6.26. The van der Waals surface area contributed by atoms with E-state index in [1.807, 2.05) is 0 Å². The van der Waals surface area contributed by atoms with Gasteiger partial charge in [0.1, 0.15) is 0 Å². The van der Waals surface area contributed by atoms with Gasteiger partial charge in [-0.1, -0.05) is 153 Å². The van der Waals surface area contributed by atoms with Crippen LogP contribution in [0.1, 0.15) is 25.0 Å². The molecular formula is C55H39N. The summed E-state index contributed by atoms with van der Waals surface area (Å²) in [6.07, 6.45) is 0. The molecule has 0 unspecified atom stereocenters. The van der Waals surface area contributed by atoms with Gasteiger partial charge < -0.3 is 4.90 Å². The Bertz CT molecular complexity index is 3120. The molecule has 1 aliphatic carbocycles. The molecule has 0 fully saturated rings. The molecule has 0 bridgehead atoms. The van der Waals surface area contributed by atoms with E-state index in [-0.39, 0.29) is 5.41 Å². The molecule has 11 rings (SSSR count). The van der Waals surface area contributed by atoms with Gasteiger partial charge in [-0.2, -0.15) is 0 Å². The van der Waals surface area contributed by atoms with E-state index in [1.54, 1.807) is 0 Å². The first kappa shape index (κ1) is 32.5. The fourth-order valence-corrected chi connectivity index (χ4v) is 9.45. The van der Waals surface area contributed by atoms with Crippen LogP contribution < -0.4 is 4.90 Å². The van der Waals surface area contributed by atoms with Gasteiger partial charge in [0, 0.05) is 22.5 Å². The number of nitrogens with zero attached hydrogens (tertiary/aromatic N) is 1. The van der Waals surface area contributed by atoms with Crippen molar-refractivity contribution in [3.8, 4) is 33.4 Å². The van der Waals surface area contributed by atoms with Crippen LogP contribution in [0.3, 0.4) is 0 Å². The van der Waals surface area contributed by atoms with Crippen molar-refractivity contribution in [2.75, 3.05) is 4.90 Å². The maximum atomic E-state index is 2.47. The highest BCUT2D eigenvalue weighted by atomic mass is 15.1. The summed E-state index contributed by atoms with van der Waals surface area (Å²) in [4.78, 5) is 2.36. The van der Waals surface area contributed by atoms with Crippen molar-refractivity contribution in [2.45, 2.75) is 19.3 Å². The van der Waals surface area contributed by atoms with E-state index in [0.717, 1.165) is 17.1 Å². The minimum atomic E-state index is -0.193. The fraction of sp³-hybridized carbons (Fsp3) is 0.0545. The molecule has 10 aromatic rings. The van der Waals surface area contributed by atoms with E-state index >= 15 is 0 Å². The Morgan fingerprint density at radius 2 is 0.804 bits per heavy atom. The monoisotopic (exact) mass is 713 g/mol. The molecule has 0 spiro atoms. The molecule has 0 N–H and O–H groups in total. The van der Waals surface area contributed by atoms with Gasteiger partial charge in [-0.25, -0.2) is 0 Å². The molecule has 0 heterocycles. The number of hydrogen-bond donors (Lipinski definition) is 0. The Labute approximate surface area is 327 Å². The number of anilines is 3. The van der Waals surface area contributed by atoms with Crippen molar-refractivity contribution in [3.05, 3.63) is 211 Å². The third kappa shape index (κ3) is 5.01. The molecule has 1 heteroatoms.